The minimum absolute atomic E-state index is 0.151. The van der Waals surface area contributed by atoms with Gasteiger partial charge in [0.1, 0.15) is 10.8 Å². The lowest BCUT2D eigenvalue weighted by molar-refractivity contribution is 0.0691. The monoisotopic (exact) mass is 317 g/mol. The van der Waals surface area contributed by atoms with Gasteiger partial charge in [0.15, 0.2) is 0 Å². The second-order valence-electron chi connectivity index (χ2n) is 3.49. The Balaban J connectivity index is 2.43. The number of aromatic nitrogens is 1. The Hall–Kier alpha value is -1.30. The molecule has 0 saturated carbocycles. The van der Waals surface area contributed by atoms with E-state index < -0.39 is 11.8 Å². The summed E-state index contributed by atoms with van der Waals surface area (Å²) in [4.78, 5) is 15.4. The van der Waals surface area contributed by atoms with E-state index in [9.17, 15) is 9.18 Å². The third kappa shape index (κ3) is 3.37. The Morgan fingerprint density at radius 3 is 2.74 bits per heavy atom. The molecule has 0 unspecified atom stereocenters. The zero-order valence-corrected chi connectivity index (χ0v) is 11.6. The molecule has 0 radical (unpaired) electrons. The van der Waals surface area contributed by atoms with Crippen molar-refractivity contribution in [1.82, 2.24) is 4.98 Å². The number of rotatable bonds is 3. The molecule has 19 heavy (non-hydrogen) atoms. The highest BCUT2D eigenvalue weighted by Gasteiger charge is 2.15. The molecule has 98 valence electrons. The van der Waals surface area contributed by atoms with Gasteiger partial charge in [-0.1, -0.05) is 35.0 Å². The number of pyridine rings is 1. The molecule has 0 spiro atoms. The van der Waals surface area contributed by atoms with Crippen LogP contribution in [0.5, 0.6) is 0 Å². The fourth-order valence-corrected chi connectivity index (χ4v) is 2.71. The summed E-state index contributed by atoms with van der Waals surface area (Å²) < 4.78 is 13.0. The van der Waals surface area contributed by atoms with Gasteiger partial charge in [0.2, 0.25) is 0 Å². The van der Waals surface area contributed by atoms with Crippen molar-refractivity contribution in [3.8, 4) is 0 Å². The predicted octanol–water partition coefficient (Wildman–Crippen LogP) is 4.38. The van der Waals surface area contributed by atoms with E-state index in [1.807, 2.05) is 0 Å². The van der Waals surface area contributed by atoms with E-state index in [0.29, 0.717) is 14.9 Å². The van der Waals surface area contributed by atoms with E-state index in [1.54, 1.807) is 18.2 Å². The van der Waals surface area contributed by atoms with Crippen molar-refractivity contribution in [2.24, 2.45) is 0 Å². The van der Waals surface area contributed by atoms with Crippen molar-refractivity contribution in [1.29, 1.82) is 0 Å². The summed E-state index contributed by atoms with van der Waals surface area (Å²) in [6.45, 7) is 0. The van der Waals surface area contributed by atoms with Crippen molar-refractivity contribution in [2.45, 2.75) is 9.92 Å². The average Bonchev–Trinajstić information content (AvgIpc) is 2.35. The van der Waals surface area contributed by atoms with Crippen LogP contribution in [0.2, 0.25) is 10.0 Å². The summed E-state index contributed by atoms with van der Waals surface area (Å²) in [6, 6.07) is 5.71. The summed E-state index contributed by atoms with van der Waals surface area (Å²) in [5.74, 6) is -1.97. The first kappa shape index (κ1) is 14.1. The first-order valence-electron chi connectivity index (χ1n) is 4.99. The van der Waals surface area contributed by atoms with Crippen LogP contribution in [0, 0.1) is 5.82 Å². The zero-order chi connectivity index (χ0) is 14.0. The van der Waals surface area contributed by atoms with E-state index in [4.69, 9.17) is 28.3 Å². The Kier molecular flexibility index (Phi) is 4.29. The summed E-state index contributed by atoms with van der Waals surface area (Å²) >= 11 is 12.8. The average molecular weight is 318 g/mol. The summed E-state index contributed by atoms with van der Waals surface area (Å²) in [7, 11) is 0. The van der Waals surface area contributed by atoms with Crippen LogP contribution in [0.15, 0.2) is 40.4 Å². The summed E-state index contributed by atoms with van der Waals surface area (Å²) in [6.07, 6.45) is 0.952. The van der Waals surface area contributed by atoms with Crippen molar-refractivity contribution in [3.63, 3.8) is 0 Å². The van der Waals surface area contributed by atoms with Crippen LogP contribution in [0.1, 0.15) is 10.4 Å². The van der Waals surface area contributed by atoms with Crippen molar-refractivity contribution < 1.29 is 14.3 Å². The third-order valence-electron chi connectivity index (χ3n) is 2.15. The van der Waals surface area contributed by atoms with E-state index >= 15 is 0 Å². The number of hydrogen-bond donors (Lipinski definition) is 1. The number of halogens is 3. The number of aromatic carboxylic acids is 1. The number of carboxylic acids is 1. The molecular formula is C12H6Cl2FNO2S. The van der Waals surface area contributed by atoms with Crippen molar-refractivity contribution in [3.05, 3.63) is 51.9 Å². The molecule has 0 fully saturated rings. The fraction of sp³-hybridized carbons (Fsp3) is 0. The second kappa shape index (κ2) is 5.77. The maximum atomic E-state index is 13.0. The molecule has 0 saturated heterocycles. The molecule has 7 heteroatoms. The quantitative estimate of drug-likeness (QED) is 0.912. The van der Waals surface area contributed by atoms with E-state index in [2.05, 4.69) is 4.98 Å². The minimum atomic E-state index is -1.26. The number of nitrogens with zero attached hydrogens (tertiary/aromatic N) is 1. The lowest BCUT2D eigenvalue weighted by atomic mass is 10.3. The normalized spacial score (nSPS) is 10.5. The minimum Gasteiger partial charge on any atom is -0.478 e. The highest BCUT2D eigenvalue weighted by molar-refractivity contribution is 7.99. The van der Waals surface area contributed by atoms with Crippen molar-refractivity contribution >= 4 is 40.9 Å². The van der Waals surface area contributed by atoms with Gasteiger partial charge in [-0.3, -0.25) is 0 Å². The van der Waals surface area contributed by atoms with Crippen LogP contribution in [0.3, 0.4) is 0 Å². The van der Waals surface area contributed by atoms with Gasteiger partial charge in [0, 0.05) is 9.92 Å². The summed E-state index contributed by atoms with van der Waals surface area (Å²) in [5, 5.41) is 10.0. The molecule has 0 aliphatic rings. The van der Waals surface area contributed by atoms with E-state index in [-0.39, 0.29) is 10.6 Å². The first-order valence-corrected chi connectivity index (χ1v) is 6.56. The Labute approximate surface area is 122 Å². The molecule has 0 bridgehead atoms. The van der Waals surface area contributed by atoms with Crippen LogP contribution in [0.4, 0.5) is 4.39 Å². The maximum Gasteiger partial charge on any atom is 0.338 e. The topological polar surface area (TPSA) is 50.2 Å². The number of hydrogen-bond acceptors (Lipinski definition) is 3. The molecule has 0 amide bonds. The van der Waals surface area contributed by atoms with E-state index in [0.717, 1.165) is 24.0 Å². The van der Waals surface area contributed by atoms with Crippen LogP contribution in [-0.4, -0.2) is 16.1 Å². The number of benzene rings is 1. The second-order valence-corrected chi connectivity index (χ2v) is 5.36. The van der Waals surface area contributed by atoms with Gasteiger partial charge >= 0.3 is 5.97 Å². The van der Waals surface area contributed by atoms with Gasteiger partial charge in [-0.25, -0.2) is 14.2 Å². The maximum absolute atomic E-state index is 13.0. The van der Waals surface area contributed by atoms with Gasteiger partial charge in [0.05, 0.1) is 16.8 Å². The highest BCUT2D eigenvalue weighted by Crippen LogP contribution is 2.35. The predicted molar refractivity (Wildman–Crippen MR) is 71.7 cm³/mol. The molecule has 1 N–H and O–H groups in total. The molecule has 2 rings (SSSR count). The SMILES string of the molecule is O=C(O)c1cc(F)cnc1Sc1cc(Cl)ccc1Cl. The molecular weight excluding hydrogens is 312 g/mol. The van der Waals surface area contributed by atoms with Crippen LogP contribution >= 0.6 is 35.0 Å². The lowest BCUT2D eigenvalue weighted by Gasteiger charge is -2.06. The van der Waals surface area contributed by atoms with Gasteiger partial charge in [0.25, 0.3) is 0 Å². The molecule has 3 nitrogen and oxygen atoms in total. The first-order chi connectivity index (χ1) is 8.97. The highest BCUT2D eigenvalue weighted by atomic mass is 35.5. The van der Waals surface area contributed by atoms with Crippen LogP contribution < -0.4 is 0 Å². The summed E-state index contributed by atoms with van der Waals surface area (Å²) in [5.41, 5.74) is -0.221. The Morgan fingerprint density at radius 2 is 2.05 bits per heavy atom. The smallest absolute Gasteiger partial charge is 0.338 e. The molecule has 1 heterocycles. The third-order valence-corrected chi connectivity index (χ3v) is 3.90. The number of carbonyl (C=O) groups is 1. The fourth-order valence-electron chi connectivity index (χ4n) is 1.32. The Bertz CT molecular complexity index is 652. The zero-order valence-electron chi connectivity index (χ0n) is 9.23. The van der Waals surface area contributed by atoms with Gasteiger partial charge < -0.3 is 5.11 Å². The van der Waals surface area contributed by atoms with Crippen LogP contribution in [0.25, 0.3) is 0 Å². The number of carboxylic acid groups (broad SMARTS) is 1. The van der Waals surface area contributed by atoms with Gasteiger partial charge in [-0.2, -0.15) is 0 Å². The van der Waals surface area contributed by atoms with Crippen molar-refractivity contribution in [2.75, 3.05) is 0 Å². The Morgan fingerprint density at radius 1 is 1.32 bits per heavy atom. The standard InChI is InChI=1S/C12H6Cl2FNO2S/c13-6-1-2-9(14)10(3-6)19-11-8(12(17)18)4-7(15)5-16-11/h1-5H,(H,17,18). The van der Waals surface area contributed by atoms with E-state index in [1.165, 1.54) is 0 Å². The van der Waals surface area contributed by atoms with Gasteiger partial charge in [-0.05, 0) is 24.3 Å². The van der Waals surface area contributed by atoms with Gasteiger partial charge in [-0.15, -0.1) is 0 Å². The lowest BCUT2D eigenvalue weighted by Crippen LogP contribution is -2.01. The molecule has 0 aliphatic heterocycles. The molecule has 0 atom stereocenters. The molecule has 0 aliphatic carbocycles. The molecule has 1 aromatic heterocycles. The molecule has 2 aromatic rings. The molecule has 1 aromatic carbocycles. The largest absolute Gasteiger partial charge is 0.478 e. The van der Waals surface area contributed by atoms with Crippen LogP contribution in [-0.2, 0) is 0 Å².